The van der Waals surface area contributed by atoms with Gasteiger partial charge in [0, 0.05) is 46.9 Å². The maximum atomic E-state index is 13.6. The minimum absolute atomic E-state index is 0.0261. The largest absolute Gasteiger partial charge is 0.381 e. The number of nitrogens with one attached hydrogen (secondary N) is 3. The molecule has 246 valence electrons. The van der Waals surface area contributed by atoms with Crippen molar-refractivity contribution in [3.63, 3.8) is 0 Å². The van der Waals surface area contributed by atoms with Crippen molar-refractivity contribution in [2.24, 2.45) is 0 Å². The van der Waals surface area contributed by atoms with E-state index in [2.05, 4.69) is 16.0 Å². The maximum absolute atomic E-state index is 13.6. The van der Waals surface area contributed by atoms with Crippen LogP contribution < -0.4 is 20.9 Å². The van der Waals surface area contributed by atoms with Crippen molar-refractivity contribution in [3.8, 4) is 0 Å². The second-order valence-corrected chi connectivity index (χ2v) is 12.5. The third-order valence-electron chi connectivity index (χ3n) is 7.63. The lowest BCUT2D eigenvalue weighted by Gasteiger charge is -2.30. The first-order chi connectivity index (χ1) is 23.3. The quantitative estimate of drug-likeness (QED) is 0.105. The van der Waals surface area contributed by atoms with Gasteiger partial charge in [-0.3, -0.25) is 28.9 Å². The predicted molar refractivity (Wildman–Crippen MR) is 189 cm³/mol. The van der Waals surface area contributed by atoms with Crippen molar-refractivity contribution >= 4 is 75.2 Å². The average Bonchev–Trinajstić information content (AvgIpc) is 3.64. The lowest BCUT2D eigenvalue weighted by atomic mass is 9.92. The van der Waals surface area contributed by atoms with Crippen molar-refractivity contribution in [1.29, 1.82) is 0 Å². The fraction of sp³-hybridized carbons (Fsp3) is 0.194. The topological polar surface area (TPSA) is 125 Å². The van der Waals surface area contributed by atoms with Crippen LogP contribution >= 0.6 is 34.5 Å². The molecule has 1 atom stereocenters. The lowest BCUT2D eigenvalue weighted by molar-refractivity contribution is -0.125. The Morgan fingerprint density at radius 1 is 0.812 bits per heavy atom. The van der Waals surface area contributed by atoms with E-state index in [1.54, 1.807) is 54.6 Å². The van der Waals surface area contributed by atoms with Crippen LogP contribution in [0.2, 0.25) is 0 Å². The maximum Gasteiger partial charge on any atom is 0.248 e. The van der Waals surface area contributed by atoms with Gasteiger partial charge in [-0.25, -0.2) is 0 Å². The molecule has 3 N–H and O–H groups in total. The molecule has 3 amide bonds. The fourth-order valence-corrected chi connectivity index (χ4v) is 6.48. The molecule has 9 nitrogen and oxygen atoms in total. The molecule has 4 aromatic rings. The number of thiophene rings is 1. The Labute approximate surface area is 291 Å². The van der Waals surface area contributed by atoms with E-state index in [1.807, 2.05) is 41.8 Å². The zero-order valence-electron chi connectivity index (χ0n) is 25.7. The van der Waals surface area contributed by atoms with E-state index in [9.17, 15) is 24.0 Å². The van der Waals surface area contributed by atoms with E-state index in [1.165, 1.54) is 16.2 Å². The smallest absolute Gasteiger partial charge is 0.248 e. The molecular formula is C36H32Cl2N4O5S. The number of anilines is 2. The van der Waals surface area contributed by atoms with Gasteiger partial charge in [-0.15, -0.1) is 22.9 Å². The number of hydrogen-bond donors (Lipinski definition) is 3. The molecule has 48 heavy (non-hydrogen) atoms. The molecule has 0 fully saturated rings. The van der Waals surface area contributed by atoms with E-state index in [0.717, 1.165) is 5.56 Å². The van der Waals surface area contributed by atoms with Crippen LogP contribution in [0.5, 0.6) is 0 Å². The molecule has 0 saturated carbocycles. The summed E-state index contributed by atoms with van der Waals surface area (Å²) in [5.41, 5.74) is 2.59. The molecular weight excluding hydrogens is 671 g/mol. The number of hydrogen-bond acceptors (Lipinski definition) is 7. The van der Waals surface area contributed by atoms with Gasteiger partial charge < -0.3 is 16.0 Å². The van der Waals surface area contributed by atoms with Crippen LogP contribution in [0.3, 0.4) is 0 Å². The van der Waals surface area contributed by atoms with E-state index in [-0.39, 0.29) is 58.3 Å². The molecule has 0 saturated heterocycles. The molecule has 12 heteroatoms. The first kappa shape index (κ1) is 34.6. The number of amides is 3. The van der Waals surface area contributed by atoms with Crippen molar-refractivity contribution in [2.45, 2.75) is 25.3 Å². The number of halogens is 2. The molecule has 3 aromatic carbocycles. The molecule has 1 aliphatic rings. The molecule has 1 heterocycles. The van der Waals surface area contributed by atoms with Gasteiger partial charge in [0.05, 0.1) is 0 Å². The lowest BCUT2D eigenvalue weighted by Crippen LogP contribution is -2.44. The Balaban J connectivity index is 1.19. The standard InChI is InChI=1S/C36H32Cl2N4O5S/c37-22-30(44)42(33(28-12-7-21-48-28)36(47)40-20-18-23-8-2-1-3-9-23)25-16-14-24(15-17-25)41-29(43)13-6-19-39-32-31(38)34(45)26-10-4-5-11-27(26)35(32)46/h1-5,7-12,14-17,21,33,39H,6,13,18-20,22H2,(H,40,47)(H,41,43). The third-order valence-corrected chi connectivity index (χ3v) is 9.15. The molecule has 1 unspecified atom stereocenters. The zero-order valence-corrected chi connectivity index (χ0v) is 28.0. The Morgan fingerprint density at radius 2 is 1.50 bits per heavy atom. The summed E-state index contributed by atoms with van der Waals surface area (Å²) in [5, 5.41) is 10.4. The van der Waals surface area contributed by atoms with Gasteiger partial charge in [0.1, 0.15) is 22.7 Å². The van der Waals surface area contributed by atoms with Crippen LogP contribution in [0.25, 0.3) is 0 Å². The summed E-state index contributed by atoms with van der Waals surface area (Å²) in [4.78, 5) is 66.9. The summed E-state index contributed by atoms with van der Waals surface area (Å²) >= 11 is 13.6. The molecule has 0 radical (unpaired) electrons. The van der Waals surface area contributed by atoms with Crippen molar-refractivity contribution in [1.82, 2.24) is 10.6 Å². The summed E-state index contributed by atoms with van der Waals surface area (Å²) in [7, 11) is 0. The predicted octanol–water partition coefficient (Wildman–Crippen LogP) is 6.26. The van der Waals surface area contributed by atoms with Gasteiger partial charge in [0.25, 0.3) is 0 Å². The summed E-state index contributed by atoms with van der Waals surface area (Å²) in [5.74, 6) is -2.18. The second-order valence-electron chi connectivity index (χ2n) is 10.9. The van der Waals surface area contributed by atoms with Crippen molar-refractivity contribution < 1.29 is 24.0 Å². The van der Waals surface area contributed by atoms with Crippen molar-refractivity contribution in [2.75, 3.05) is 29.2 Å². The normalized spacial score (nSPS) is 13.0. The molecule has 0 aliphatic heterocycles. The van der Waals surface area contributed by atoms with Gasteiger partial charge in [0.2, 0.25) is 29.3 Å². The highest BCUT2D eigenvalue weighted by atomic mass is 35.5. The highest BCUT2D eigenvalue weighted by Crippen LogP contribution is 2.32. The molecule has 5 rings (SSSR count). The van der Waals surface area contributed by atoms with E-state index < -0.39 is 17.7 Å². The number of allylic oxidation sites excluding steroid dienone is 2. The number of carbonyl (C=O) groups is 5. The Bertz CT molecular complexity index is 1830. The highest BCUT2D eigenvalue weighted by molar-refractivity contribution is 7.10. The van der Waals surface area contributed by atoms with Gasteiger partial charge in [-0.05, 0) is 54.1 Å². The third kappa shape index (κ3) is 8.20. The van der Waals surface area contributed by atoms with Gasteiger partial charge in [-0.1, -0.05) is 72.3 Å². The monoisotopic (exact) mass is 702 g/mol. The van der Waals surface area contributed by atoms with Crippen LogP contribution in [-0.2, 0) is 20.8 Å². The number of carbonyl (C=O) groups excluding carboxylic acids is 5. The number of ketones is 2. The van der Waals surface area contributed by atoms with Crippen LogP contribution in [0.1, 0.15) is 50.0 Å². The average molecular weight is 704 g/mol. The van der Waals surface area contributed by atoms with Crippen LogP contribution in [0.4, 0.5) is 11.4 Å². The summed E-state index contributed by atoms with van der Waals surface area (Å²) in [6.45, 7) is 0.632. The number of benzene rings is 3. The van der Waals surface area contributed by atoms with E-state index >= 15 is 0 Å². The van der Waals surface area contributed by atoms with Gasteiger partial charge >= 0.3 is 0 Å². The molecule has 0 bridgehead atoms. The number of nitrogens with zero attached hydrogens (tertiary/aromatic N) is 1. The van der Waals surface area contributed by atoms with Crippen LogP contribution in [0.15, 0.2) is 107 Å². The Morgan fingerprint density at radius 3 is 2.17 bits per heavy atom. The minimum Gasteiger partial charge on any atom is -0.381 e. The van der Waals surface area contributed by atoms with Crippen LogP contribution in [-0.4, -0.2) is 48.3 Å². The Hall–Kier alpha value is -4.77. The molecule has 1 aliphatic carbocycles. The van der Waals surface area contributed by atoms with E-state index in [0.29, 0.717) is 35.6 Å². The second kappa shape index (κ2) is 16.4. The van der Waals surface area contributed by atoms with Crippen LogP contribution in [0, 0.1) is 0 Å². The zero-order chi connectivity index (χ0) is 34.0. The summed E-state index contributed by atoms with van der Waals surface area (Å²) in [6.07, 6.45) is 1.12. The minimum atomic E-state index is -0.941. The number of fused-ring (bicyclic) bond motifs is 1. The SMILES string of the molecule is O=C(CCCNC1=C(Cl)C(=O)c2ccccc2C1=O)Nc1ccc(N(C(=O)CCl)C(C(=O)NCCc2ccccc2)c2cccs2)cc1. The summed E-state index contributed by atoms with van der Waals surface area (Å²) in [6, 6.07) is 25.5. The molecule has 0 spiro atoms. The molecule has 1 aromatic heterocycles. The van der Waals surface area contributed by atoms with E-state index in [4.69, 9.17) is 23.2 Å². The highest BCUT2D eigenvalue weighted by Gasteiger charge is 2.33. The summed E-state index contributed by atoms with van der Waals surface area (Å²) < 4.78 is 0. The first-order valence-corrected chi connectivity index (χ1v) is 17.0. The Kier molecular flexibility index (Phi) is 11.8. The van der Waals surface area contributed by atoms with Crippen molar-refractivity contribution in [3.05, 3.63) is 129 Å². The fourth-order valence-electron chi connectivity index (χ4n) is 5.29. The van der Waals surface area contributed by atoms with Gasteiger partial charge in [-0.2, -0.15) is 0 Å². The number of Topliss-reactive ketones (excluding diaryl/α,β-unsaturated/α-hetero) is 2. The van der Waals surface area contributed by atoms with Gasteiger partial charge in [0.15, 0.2) is 0 Å². The number of alkyl halides is 1. The number of rotatable bonds is 14. The first-order valence-electron chi connectivity index (χ1n) is 15.2.